The highest BCUT2D eigenvalue weighted by Crippen LogP contribution is 2.26. The molecule has 1 aliphatic carbocycles. The molecule has 14 heavy (non-hydrogen) atoms. The Morgan fingerprint density at radius 3 is 2.36 bits per heavy atom. The molecule has 0 radical (unpaired) electrons. The lowest BCUT2D eigenvalue weighted by Gasteiger charge is -2.25. The van der Waals surface area contributed by atoms with E-state index in [0.717, 1.165) is 6.42 Å². The quantitative estimate of drug-likeness (QED) is 0.412. The minimum absolute atomic E-state index is 0.0327. The predicted octanol–water partition coefficient (Wildman–Crippen LogP) is 0.153. The van der Waals surface area contributed by atoms with Crippen molar-refractivity contribution in [2.24, 2.45) is 33.1 Å². The minimum Gasteiger partial charge on any atom is -0.370 e. The zero-order valence-corrected chi connectivity index (χ0v) is 8.61. The Hall–Kier alpha value is -1.26. The smallest absolute Gasteiger partial charge is 0.218 e. The molecule has 1 rings (SSSR count). The van der Waals surface area contributed by atoms with Gasteiger partial charge in [0.05, 0.1) is 6.04 Å². The number of nitrogens with zero attached hydrogens (tertiary/aromatic N) is 2. The summed E-state index contributed by atoms with van der Waals surface area (Å²) in [6.07, 6.45) is 4.80. The first kappa shape index (κ1) is 10.8. The second-order valence-electron chi connectivity index (χ2n) is 3.85. The molecular weight excluding hydrogens is 178 g/mol. The van der Waals surface area contributed by atoms with Crippen LogP contribution in [0.2, 0.25) is 0 Å². The van der Waals surface area contributed by atoms with Gasteiger partial charge in [0.15, 0.2) is 5.96 Å². The van der Waals surface area contributed by atoms with Crippen molar-refractivity contribution in [1.29, 1.82) is 0 Å². The van der Waals surface area contributed by atoms with Crippen LogP contribution in [0.4, 0.5) is 0 Å². The molecule has 5 heteroatoms. The normalized spacial score (nSPS) is 28.5. The van der Waals surface area contributed by atoms with E-state index in [9.17, 15) is 0 Å². The zero-order chi connectivity index (χ0) is 10.6. The molecule has 1 aliphatic rings. The Morgan fingerprint density at radius 2 is 1.79 bits per heavy atom. The molecule has 2 unspecified atom stereocenters. The predicted molar refractivity (Wildman–Crippen MR) is 58.9 cm³/mol. The third-order valence-electron chi connectivity index (χ3n) is 2.61. The first-order valence-electron chi connectivity index (χ1n) is 5.02. The van der Waals surface area contributed by atoms with Gasteiger partial charge in [-0.25, -0.2) is 4.99 Å². The largest absolute Gasteiger partial charge is 0.370 e. The van der Waals surface area contributed by atoms with E-state index in [4.69, 9.17) is 17.2 Å². The van der Waals surface area contributed by atoms with Crippen molar-refractivity contribution in [2.75, 3.05) is 0 Å². The second-order valence-corrected chi connectivity index (χ2v) is 3.85. The molecule has 0 aromatic heterocycles. The summed E-state index contributed by atoms with van der Waals surface area (Å²) in [7, 11) is 0. The molecule has 0 aliphatic heterocycles. The van der Waals surface area contributed by atoms with E-state index in [1.165, 1.54) is 19.3 Å². The van der Waals surface area contributed by atoms with Crippen LogP contribution in [-0.4, -0.2) is 18.0 Å². The van der Waals surface area contributed by atoms with E-state index in [1.807, 2.05) is 0 Å². The third-order valence-corrected chi connectivity index (χ3v) is 2.61. The van der Waals surface area contributed by atoms with Crippen LogP contribution in [0.3, 0.4) is 0 Å². The van der Waals surface area contributed by atoms with Crippen molar-refractivity contribution in [2.45, 2.75) is 38.6 Å². The van der Waals surface area contributed by atoms with Gasteiger partial charge < -0.3 is 17.2 Å². The summed E-state index contributed by atoms with van der Waals surface area (Å²) in [6, 6.07) is 0.284. The van der Waals surface area contributed by atoms with Crippen molar-refractivity contribution in [3.63, 3.8) is 0 Å². The molecule has 1 fully saturated rings. The van der Waals surface area contributed by atoms with Gasteiger partial charge in [-0.1, -0.05) is 19.8 Å². The van der Waals surface area contributed by atoms with Crippen LogP contribution in [0, 0.1) is 5.92 Å². The maximum absolute atomic E-state index is 5.57. The van der Waals surface area contributed by atoms with Gasteiger partial charge in [-0.3, -0.25) is 0 Å². The molecule has 0 heterocycles. The van der Waals surface area contributed by atoms with E-state index in [2.05, 4.69) is 16.9 Å². The summed E-state index contributed by atoms with van der Waals surface area (Å²) in [5, 5.41) is 0. The van der Waals surface area contributed by atoms with Crippen LogP contribution in [-0.2, 0) is 0 Å². The average Bonchev–Trinajstić information content (AvgIpc) is 2.07. The van der Waals surface area contributed by atoms with Gasteiger partial charge in [-0.15, -0.1) is 0 Å². The van der Waals surface area contributed by atoms with Crippen LogP contribution >= 0.6 is 0 Å². The maximum Gasteiger partial charge on any atom is 0.218 e. The lowest BCUT2D eigenvalue weighted by atomic mass is 9.86. The number of rotatable bonds is 1. The molecule has 0 aromatic rings. The fraction of sp³-hybridized carbons (Fsp3) is 0.778. The standard InChI is InChI=1S/C9H19N5/c1-6-4-2-3-5-7(6)13-9(12)14-8(10)11/h6-7H,2-5H2,1H3,(H6,10,11,12,13,14). The van der Waals surface area contributed by atoms with Crippen LogP contribution in [0.25, 0.3) is 0 Å². The highest BCUT2D eigenvalue weighted by Gasteiger charge is 2.20. The highest BCUT2D eigenvalue weighted by molar-refractivity contribution is 5.92. The van der Waals surface area contributed by atoms with Crippen LogP contribution < -0.4 is 17.2 Å². The van der Waals surface area contributed by atoms with Gasteiger partial charge in [0.25, 0.3) is 0 Å². The Morgan fingerprint density at radius 1 is 1.14 bits per heavy atom. The maximum atomic E-state index is 5.57. The Balaban J connectivity index is 2.60. The second kappa shape index (κ2) is 4.83. The summed E-state index contributed by atoms with van der Waals surface area (Å²) in [5.41, 5.74) is 16.0. The van der Waals surface area contributed by atoms with Crippen molar-refractivity contribution >= 4 is 11.9 Å². The molecule has 0 saturated heterocycles. The van der Waals surface area contributed by atoms with E-state index in [0.29, 0.717) is 5.92 Å². The van der Waals surface area contributed by atoms with E-state index in [-0.39, 0.29) is 18.0 Å². The van der Waals surface area contributed by atoms with Gasteiger partial charge in [0, 0.05) is 0 Å². The first-order chi connectivity index (χ1) is 6.59. The summed E-state index contributed by atoms with van der Waals surface area (Å²) in [5.74, 6) is 0.745. The third kappa shape index (κ3) is 3.24. The van der Waals surface area contributed by atoms with Crippen LogP contribution in [0.15, 0.2) is 9.98 Å². The minimum atomic E-state index is -0.0327. The molecule has 6 N–H and O–H groups in total. The van der Waals surface area contributed by atoms with Gasteiger partial charge >= 0.3 is 0 Å². The number of guanidine groups is 2. The van der Waals surface area contributed by atoms with Crippen LogP contribution in [0.5, 0.6) is 0 Å². The summed E-state index contributed by atoms with van der Waals surface area (Å²) >= 11 is 0. The van der Waals surface area contributed by atoms with E-state index >= 15 is 0 Å². The Kier molecular flexibility index (Phi) is 3.73. The average molecular weight is 197 g/mol. The number of aliphatic imine (C=N–C) groups is 2. The van der Waals surface area contributed by atoms with Gasteiger partial charge in [-0.05, 0) is 18.8 Å². The molecule has 0 spiro atoms. The first-order valence-corrected chi connectivity index (χ1v) is 5.02. The lowest BCUT2D eigenvalue weighted by molar-refractivity contribution is 0.332. The van der Waals surface area contributed by atoms with Gasteiger partial charge in [-0.2, -0.15) is 4.99 Å². The number of hydrogen-bond acceptors (Lipinski definition) is 1. The Labute approximate surface area is 84.5 Å². The van der Waals surface area contributed by atoms with Gasteiger partial charge in [0.1, 0.15) is 0 Å². The number of nitrogens with two attached hydrogens (primary N) is 3. The fourth-order valence-corrected chi connectivity index (χ4v) is 1.82. The molecule has 0 bridgehead atoms. The van der Waals surface area contributed by atoms with Crippen molar-refractivity contribution in [1.82, 2.24) is 0 Å². The molecule has 1 saturated carbocycles. The zero-order valence-electron chi connectivity index (χ0n) is 8.61. The Bertz CT molecular complexity index is 242. The van der Waals surface area contributed by atoms with Crippen molar-refractivity contribution < 1.29 is 0 Å². The molecule has 0 aromatic carbocycles. The summed E-state index contributed by atoms with van der Waals surface area (Å²) < 4.78 is 0. The lowest BCUT2D eigenvalue weighted by Crippen LogP contribution is -2.28. The van der Waals surface area contributed by atoms with Crippen LogP contribution in [0.1, 0.15) is 32.6 Å². The SMILES string of the molecule is CC1CCCCC1N=C(N)N=C(N)N. The fourth-order valence-electron chi connectivity index (χ4n) is 1.82. The van der Waals surface area contributed by atoms with Gasteiger partial charge in [0.2, 0.25) is 5.96 Å². The topological polar surface area (TPSA) is 103 Å². The molecule has 80 valence electrons. The molecule has 5 nitrogen and oxygen atoms in total. The molecule has 2 atom stereocenters. The number of hydrogen-bond donors (Lipinski definition) is 3. The van der Waals surface area contributed by atoms with Crippen molar-refractivity contribution in [3.8, 4) is 0 Å². The molecule has 0 amide bonds. The monoisotopic (exact) mass is 197 g/mol. The van der Waals surface area contributed by atoms with Crippen molar-refractivity contribution in [3.05, 3.63) is 0 Å². The highest BCUT2D eigenvalue weighted by atomic mass is 15.1. The molecular formula is C9H19N5. The summed E-state index contributed by atoms with van der Waals surface area (Å²) in [6.45, 7) is 2.19. The van der Waals surface area contributed by atoms with E-state index < -0.39 is 0 Å². The van der Waals surface area contributed by atoms with E-state index in [1.54, 1.807) is 0 Å². The summed E-state index contributed by atoms with van der Waals surface area (Å²) in [4.78, 5) is 8.01.